The molecule has 1 atom stereocenters. The minimum Gasteiger partial charge on any atom is -0.435 e. The molecule has 1 rings (SSSR count). The van der Waals surface area contributed by atoms with Crippen molar-refractivity contribution in [2.45, 2.75) is 13.0 Å². The Labute approximate surface area is 87.3 Å². The van der Waals surface area contributed by atoms with E-state index in [0.717, 1.165) is 0 Å². The predicted molar refractivity (Wildman–Crippen MR) is 50.7 cm³/mol. The number of aromatic nitrogens is 1. The van der Waals surface area contributed by atoms with Crippen LogP contribution in [0.2, 0.25) is 0 Å². The molecule has 0 aliphatic carbocycles. The molecule has 0 radical (unpaired) electrons. The number of hydrogen-bond donors (Lipinski definition) is 0. The van der Waals surface area contributed by atoms with Crippen LogP contribution in [0.5, 0.6) is 0 Å². The third-order valence-electron chi connectivity index (χ3n) is 1.55. The van der Waals surface area contributed by atoms with Gasteiger partial charge in [0.25, 0.3) is 0 Å². The maximum Gasteiger partial charge on any atom is 0.509 e. The van der Waals surface area contributed by atoms with Crippen LogP contribution in [0.15, 0.2) is 24.4 Å². The van der Waals surface area contributed by atoms with E-state index >= 15 is 0 Å². The summed E-state index contributed by atoms with van der Waals surface area (Å²) in [7, 11) is 0. The Hall–Kier alpha value is -2.09. The van der Waals surface area contributed by atoms with Gasteiger partial charge in [-0.2, -0.15) is 5.26 Å². The Balaban J connectivity index is 2.66. The summed E-state index contributed by atoms with van der Waals surface area (Å²) in [5, 5.41) is 8.77. The van der Waals surface area contributed by atoms with Gasteiger partial charge in [0.2, 0.25) is 6.10 Å². The second-order valence-corrected chi connectivity index (χ2v) is 2.56. The SMILES string of the molecule is CCOC(=O)O[C@@H](C#N)c1ccccn1. The largest absolute Gasteiger partial charge is 0.509 e. The molecule has 0 spiro atoms. The molecular formula is C10H10N2O3. The first-order chi connectivity index (χ1) is 7.27. The van der Waals surface area contributed by atoms with E-state index in [2.05, 4.69) is 9.72 Å². The zero-order chi connectivity index (χ0) is 11.1. The molecule has 1 heterocycles. The van der Waals surface area contributed by atoms with E-state index in [9.17, 15) is 4.79 Å². The highest BCUT2D eigenvalue weighted by molar-refractivity contribution is 5.60. The number of carbonyl (C=O) groups is 1. The molecule has 0 bridgehead atoms. The van der Waals surface area contributed by atoms with Gasteiger partial charge in [-0.1, -0.05) is 6.07 Å². The van der Waals surface area contributed by atoms with Crippen molar-refractivity contribution >= 4 is 6.16 Å². The average Bonchev–Trinajstić information content (AvgIpc) is 2.27. The van der Waals surface area contributed by atoms with Gasteiger partial charge in [-0.3, -0.25) is 4.98 Å². The van der Waals surface area contributed by atoms with Crippen LogP contribution in [0, 0.1) is 11.3 Å². The van der Waals surface area contributed by atoms with Crippen LogP contribution in [0.1, 0.15) is 18.7 Å². The van der Waals surface area contributed by atoms with E-state index in [4.69, 9.17) is 10.00 Å². The fraction of sp³-hybridized carbons (Fsp3) is 0.300. The van der Waals surface area contributed by atoms with Gasteiger partial charge in [0.1, 0.15) is 6.07 Å². The first-order valence-electron chi connectivity index (χ1n) is 4.42. The fourth-order valence-electron chi connectivity index (χ4n) is 0.932. The minimum atomic E-state index is -1.02. The lowest BCUT2D eigenvalue weighted by Crippen LogP contribution is -2.12. The number of ether oxygens (including phenoxy) is 2. The maximum atomic E-state index is 11.0. The Morgan fingerprint density at radius 1 is 1.67 bits per heavy atom. The minimum absolute atomic E-state index is 0.208. The van der Waals surface area contributed by atoms with Crippen LogP contribution >= 0.6 is 0 Å². The molecule has 0 saturated heterocycles. The predicted octanol–water partition coefficient (Wildman–Crippen LogP) is 1.82. The average molecular weight is 206 g/mol. The Bertz CT molecular complexity index is 359. The number of nitriles is 1. The Morgan fingerprint density at radius 3 is 3.00 bits per heavy atom. The van der Waals surface area contributed by atoms with Crippen molar-refractivity contribution in [3.8, 4) is 6.07 Å². The number of pyridine rings is 1. The standard InChI is InChI=1S/C10H10N2O3/c1-2-14-10(13)15-9(7-11)8-5-3-4-6-12-8/h3-6,9H,2H2,1H3/t9-/m0/s1. The summed E-state index contributed by atoms with van der Waals surface area (Å²) in [6.07, 6.45) is -0.367. The summed E-state index contributed by atoms with van der Waals surface area (Å²) in [6, 6.07) is 6.85. The van der Waals surface area contributed by atoms with E-state index in [1.807, 2.05) is 6.07 Å². The normalized spacial score (nSPS) is 11.2. The molecule has 15 heavy (non-hydrogen) atoms. The molecule has 0 N–H and O–H groups in total. The monoisotopic (exact) mass is 206 g/mol. The van der Waals surface area contributed by atoms with Gasteiger partial charge >= 0.3 is 6.16 Å². The van der Waals surface area contributed by atoms with Gasteiger partial charge < -0.3 is 9.47 Å². The van der Waals surface area contributed by atoms with Crippen LogP contribution in [0.25, 0.3) is 0 Å². The fourth-order valence-corrected chi connectivity index (χ4v) is 0.932. The molecule has 1 aromatic heterocycles. The summed E-state index contributed by atoms with van der Waals surface area (Å²) in [5.41, 5.74) is 0.382. The van der Waals surface area contributed by atoms with Crippen molar-refractivity contribution in [3.63, 3.8) is 0 Å². The Morgan fingerprint density at radius 2 is 2.47 bits per heavy atom. The van der Waals surface area contributed by atoms with Crippen molar-refractivity contribution in [2.75, 3.05) is 6.61 Å². The van der Waals surface area contributed by atoms with E-state index in [0.29, 0.717) is 5.69 Å². The topological polar surface area (TPSA) is 72.2 Å². The van der Waals surface area contributed by atoms with E-state index in [1.54, 1.807) is 25.1 Å². The third kappa shape index (κ3) is 3.27. The molecule has 0 saturated carbocycles. The zero-order valence-electron chi connectivity index (χ0n) is 8.21. The smallest absolute Gasteiger partial charge is 0.435 e. The molecule has 1 aromatic rings. The van der Waals surface area contributed by atoms with Crippen LogP contribution in [0.3, 0.4) is 0 Å². The van der Waals surface area contributed by atoms with E-state index in [1.165, 1.54) is 6.20 Å². The lowest BCUT2D eigenvalue weighted by atomic mass is 10.2. The highest BCUT2D eigenvalue weighted by Crippen LogP contribution is 2.13. The zero-order valence-corrected chi connectivity index (χ0v) is 8.21. The van der Waals surface area contributed by atoms with Crippen LogP contribution in [-0.4, -0.2) is 17.7 Å². The first-order valence-corrected chi connectivity index (χ1v) is 4.42. The molecule has 0 amide bonds. The number of hydrogen-bond acceptors (Lipinski definition) is 5. The number of nitrogens with zero attached hydrogens (tertiary/aromatic N) is 2. The van der Waals surface area contributed by atoms with Crippen molar-refractivity contribution in [2.24, 2.45) is 0 Å². The maximum absolute atomic E-state index is 11.0. The summed E-state index contributed by atoms with van der Waals surface area (Å²) in [5.74, 6) is 0. The molecule has 78 valence electrons. The second-order valence-electron chi connectivity index (χ2n) is 2.56. The second kappa shape index (κ2) is 5.60. The van der Waals surface area contributed by atoms with E-state index < -0.39 is 12.3 Å². The van der Waals surface area contributed by atoms with Crippen molar-refractivity contribution in [1.29, 1.82) is 5.26 Å². The number of carbonyl (C=O) groups excluding carboxylic acids is 1. The van der Waals surface area contributed by atoms with Crippen molar-refractivity contribution < 1.29 is 14.3 Å². The van der Waals surface area contributed by atoms with Gasteiger partial charge in [0, 0.05) is 6.20 Å². The van der Waals surface area contributed by atoms with Gasteiger partial charge in [-0.05, 0) is 19.1 Å². The molecule has 0 unspecified atom stereocenters. The lowest BCUT2D eigenvalue weighted by molar-refractivity contribution is 0.0410. The van der Waals surface area contributed by atoms with Gasteiger partial charge in [0.15, 0.2) is 0 Å². The molecule has 0 aliphatic rings. The molecular weight excluding hydrogens is 196 g/mol. The molecule has 5 nitrogen and oxygen atoms in total. The lowest BCUT2D eigenvalue weighted by Gasteiger charge is -2.09. The van der Waals surface area contributed by atoms with Gasteiger partial charge in [0.05, 0.1) is 12.3 Å². The highest BCUT2D eigenvalue weighted by Gasteiger charge is 2.17. The first kappa shape index (κ1) is 11.0. The van der Waals surface area contributed by atoms with Gasteiger partial charge in [-0.25, -0.2) is 4.79 Å². The highest BCUT2D eigenvalue weighted by atomic mass is 16.7. The molecule has 0 aliphatic heterocycles. The summed E-state index contributed by atoms with van der Waals surface area (Å²) >= 11 is 0. The van der Waals surface area contributed by atoms with Crippen LogP contribution in [-0.2, 0) is 9.47 Å². The molecule has 0 fully saturated rings. The summed E-state index contributed by atoms with van der Waals surface area (Å²) < 4.78 is 9.30. The molecule has 5 heteroatoms. The van der Waals surface area contributed by atoms with Gasteiger partial charge in [-0.15, -0.1) is 0 Å². The Kier molecular flexibility index (Phi) is 4.10. The molecule has 0 aromatic carbocycles. The quantitative estimate of drug-likeness (QED) is 0.705. The summed E-state index contributed by atoms with van der Waals surface area (Å²) in [4.78, 5) is 14.9. The van der Waals surface area contributed by atoms with Crippen molar-refractivity contribution in [1.82, 2.24) is 4.98 Å². The van der Waals surface area contributed by atoms with Crippen LogP contribution < -0.4 is 0 Å². The van der Waals surface area contributed by atoms with Crippen molar-refractivity contribution in [3.05, 3.63) is 30.1 Å². The number of rotatable bonds is 3. The van der Waals surface area contributed by atoms with Crippen LogP contribution in [0.4, 0.5) is 4.79 Å². The van der Waals surface area contributed by atoms with E-state index in [-0.39, 0.29) is 6.61 Å². The summed E-state index contributed by atoms with van der Waals surface area (Å²) in [6.45, 7) is 1.86. The third-order valence-corrected chi connectivity index (χ3v) is 1.55.